The Labute approximate surface area is 88.6 Å². The average Bonchev–Trinajstić information content (AvgIpc) is 2.14. The maximum atomic E-state index is 12.9. The van der Waals surface area contributed by atoms with Gasteiger partial charge in [0.1, 0.15) is 11.6 Å². The number of phenolic OH excluding ortho intramolecular Hbond substituents is 1. The Morgan fingerprint density at radius 1 is 1.64 bits per heavy atom. The number of carbonyl (C=O) groups excluding carboxylic acids is 1. The van der Waals surface area contributed by atoms with E-state index in [1.165, 1.54) is 13.2 Å². The number of esters is 1. The number of hydrogen-bond acceptors (Lipinski definition) is 3. The molecule has 0 aliphatic rings. The summed E-state index contributed by atoms with van der Waals surface area (Å²) in [6, 6.07) is 2.30. The van der Waals surface area contributed by atoms with E-state index in [-0.39, 0.29) is 16.6 Å². The Balaban J connectivity index is 2.98. The van der Waals surface area contributed by atoms with Crippen LogP contribution >= 0.6 is 15.9 Å². The van der Waals surface area contributed by atoms with E-state index in [0.717, 1.165) is 6.07 Å². The van der Waals surface area contributed by atoms with Crippen molar-refractivity contribution in [3.63, 3.8) is 0 Å². The number of methoxy groups -OCH3 is 1. The van der Waals surface area contributed by atoms with Crippen molar-refractivity contribution in [1.82, 2.24) is 0 Å². The Morgan fingerprint density at radius 2 is 2.29 bits per heavy atom. The molecule has 0 aliphatic carbocycles. The second-order valence-corrected chi connectivity index (χ2v) is 3.50. The van der Waals surface area contributed by atoms with Gasteiger partial charge in [0.25, 0.3) is 0 Å². The van der Waals surface area contributed by atoms with Crippen LogP contribution in [0.25, 0.3) is 0 Å². The SMILES string of the molecule is COC(=O)Cc1cc(Br)c(F)cc1O. The van der Waals surface area contributed by atoms with E-state index >= 15 is 0 Å². The third kappa shape index (κ3) is 2.45. The van der Waals surface area contributed by atoms with Crippen LogP contribution in [0.5, 0.6) is 5.75 Å². The summed E-state index contributed by atoms with van der Waals surface area (Å²) in [7, 11) is 1.25. The molecule has 0 saturated carbocycles. The molecule has 0 amide bonds. The number of halogens is 2. The second kappa shape index (κ2) is 4.41. The fraction of sp³-hybridized carbons (Fsp3) is 0.222. The van der Waals surface area contributed by atoms with Crippen molar-refractivity contribution in [2.75, 3.05) is 7.11 Å². The van der Waals surface area contributed by atoms with Crippen LogP contribution in [0, 0.1) is 5.82 Å². The molecule has 0 spiro atoms. The first-order chi connectivity index (χ1) is 6.54. The number of ether oxygens (including phenoxy) is 1. The van der Waals surface area contributed by atoms with Crippen LogP contribution in [-0.2, 0) is 16.0 Å². The van der Waals surface area contributed by atoms with Gasteiger partial charge in [-0.2, -0.15) is 0 Å². The smallest absolute Gasteiger partial charge is 0.310 e. The summed E-state index contributed by atoms with van der Waals surface area (Å²) >= 11 is 2.95. The minimum Gasteiger partial charge on any atom is -0.508 e. The van der Waals surface area contributed by atoms with E-state index < -0.39 is 11.8 Å². The van der Waals surface area contributed by atoms with Gasteiger partial charge < -0.3 is 9.84 Å². The first-order valence-corrected chi connectivity index (χ1v) is 4.57. The minimum atomic E-state index is -0.573. The van der Waals surface area contributed by atoms with Crippen molar-refractivity contribution < 1.29 is 19.0 Å². The first-order valence-electron chi connectivity index (χ1n) is 3.78. The Kier molecular flexibility index (Phi) is 3.46. The molecule has 0 atom stereocenters. The van der Waals surface area contributed by atoms with Crippen LogP contribution < -0.4 is 0 Å². The highest BCUT2D eigenvalue weighted by Crippen LogP contribution is 2.25. The van der Waals surface area contributed by atoms with Gasteiger partial charge in [-0.05, 0) is 22.0 Å². The lowest BCUT2D eigenvalue weighted by Gasteiger charge is -2.04. The number of aromatic hydroxyl groups is 1. The number of carbonyl (C=O) groups is 1. The molecule has 0 saturated heterocycles. The molecule has 0 aromatic heterocycles. The van der Waals surface area contributed by atoms with Gasteiger partial charge in [0.15, 0.2) is 0 Å². The maximum absolute atomic E-state index is 12.9. The molecule has 1 rings (SSSR count). The number of benzene rings is 1. The second-order valence-electron chi connectivity index (χ2n) is 2.65. The van der Waals surface area contributed by atoms with Gasteiger partial charge in [0.2, 0.25) is 0 Å². The third-order valence-electron chi connectivity index (χ3n) is 1.68. The van der Waals surface area contributed by atoms with Crippen molar-refractivity contribution in [1.29, 1.82) is 0 Å². The van der Waals surface area contributed by atoms with E-state index in [0.29, 0.717) is 5.56 Å². The molecule has 76 valence electrons. The van der Waals surface area contributed by atoms with E-state index in [9.17, 15) is 14.3 Å². The van der Waals surface area contributed by atoms with E-state index in [1.807, 2.05) is 0 Å². The van der Waals surface area contributed by atoms with Gasteiger partial charge in [-0.15, -0.1) is 0 Å². The predicted octanol–water partition coefficient (Wildman–Crippen LogP) is 2.01. The van der Waals surface area contributed by atoms with Crippen molar-refractivity contribution in [3.8, 4) is 5.75 Å². The molecule has 5 heteroatoms. The molecule has 1 aromatic carbocycles. The Hall–Kier alpha value is -1.10. The van der Waals surface area contributed by atoms with Crippen molar-refractivity contribution in [2.45, 2.75) is 6.42 Å². The summed E-state index contributed by atoms with van der Waals surface area (Å²) in [5, 5.41) is 9.29. The largest absolute Gasteiger partial charge is 0.508 e. The van der Waals surface area contributed by atoms with Crippen molar-refractivity contribution in [3.05, 3.63) is 28.0 Å². The molecular formula is C9H8BrFO3. The van der Waals surface area contributed by atoms with Crippen LogP contribution in [0.4, 0.5) is 4.39 Å². The molecule has 0 bridgehead atoms. The molecule has 0 unspecified atom stereocenters. The zero-order valence-corrected chi connectivity index (χ0v) is 8.97. The van der Waals surface area contributed by atoms with Gasteiger partial charge in [-0.25, -0.2) is 4.39 Å². The van der Waals surface area contributed by atoms with Crippen molar-refractivity contribution in [2.24, 2.45) is 0 Å². The van der Waals surface area contributed by atoms with Gasteiger partial charge in [-0.1, -0.05) is 0 Å². The molecule has 1 aromatic rings. The maximum Gasteiger partial charge on any atom is 0.310 e. The lowest BCUT2D eigenvalue weighted by atomic mass is 10.1. The highest BCUT2D eigenvalue weighted by Gasteiger charge is 2.11. The molecule has 1 N–H and O–H groups in total. The van der Waals surface area contributed by atoms with E-state index in [4.69, 9.17) is 0 Å². The monoisotopic (exact) mass is 262 g/mol. The highest BCUT2D eigenvalue weighted by atomic mass is 79.9. The number of rotatable bonds is 2. The summed E-state index contributed by atoms with van der Waals surface area (Å²) in [6.07, 6.45) is -0.0821. The quantitative estimate of drug-likeness (QED) is 0.830. The summed E-state index contributed by atoms with van der Waals surface area (Å²) in [5.41, 5.74) is 0.324. The lowest BCUT2D eigenvalue weighted by Crippen LogP contribution is -2.04. The fourth-order valence-corrected chi connectivity index (χ4v) is 1.34. The molecule has 0 fully saturated rings. The zero-order chi connectivity index (χ0) is 10.7. The topological polar surface area (TPSA) is 46.5 Å². The van der Waals surface area contributed by atoms with Crippen LogP contribution in [0.1, 0.15) is 5.56 Å². The summed E-state index contributed by atoms with van der Waals surface area (Å²) in [5.74, 6) is -1.31. The van der Waals surface area contributed by atoms with E-state index in [2.05, 4.69) is 20.7 Å². The van der Waals surface area contributed by atoms with Crippen molar-refractivity contribution >= 4 is 21.9 Å². The van der Waals surface area contributed by atoms with Crippen LogP contribution in [0.2, 0.25) is 0 Å². The summed E-state index contributed by atoms with van der Waals surface area (Å²) < 4.78 is 17.5. The zero-order valence-electron chi connectivity index (χ0n) is 7.38. The molecular weight excluding hydrogens is 255 g/mol. The molecule has 3 nitrogen and oxygen atoms in total. The number of hydrogen-bond donors (Lipinski definition) is 1. The summed E-state index contributed by atoms with van der Waals surface area (Å²) in [6.45, 7) is 0. The fourth-order valence-electron chi connectivity index (χ4n) is 0.947. The Bertz CT molecular complexity index is 365. The molecule has 0 radical (unpaired) electrons. The highest BCUT2D eigenvalue weighted by molar-refractivity contribution is 9.10. The normalized spacial score (nSPS) is 9.93. The minimum absolute atomic E-state index is 0.0821. The number of phenols is 1. The third-order valence-corrected chi connectivity index (χ3v) is 2.29. The van der Waals surface area contributed by atoms with Gasteiger partial charge >= 0.3 is 5.97 Å². The van der Waals surface area contributed by atoms with Crippen LogP contribution in [0.15, 0.2) is 16.6 Å². The predicted molar refractivity (Wildman–Crippen MR) is 51.5 cm³/mol. The van der Waals surface area contributed by atoms with Crippen LogP contribution in [0.3, 0.4) is 0 Å². The molecule has 0 aliphatic heterocycles. The summed E-state index contributed by atoms with van der Waals surface area (Å²) in [4.78, 5) is 10.9. The molecule has 0 heterocycles. The van der Waals surface area contributed by atoms with Gasteiger partial charge in [0.05, 0.1) is 18.0 Å². The Morgan fingerprint density at radius 3 is 2.86 bits per heavy atom. The van der Waals surface area contributed by atoms with E-state index in [1.54, 1.807) is 0 Å². The average molecular weight is 263 g/mol. The standard InChI is InChI=1S/C9H8BrFO3/c1-14-9(13)3-5-2-6(10)7(11)4-8(5)12/h2,4,12H,3H2,1H3. The lowest BCUT2D eigenvalue weighted by molar-refractivity contribution is -0.139. The first kappa shape index (κ1) is 11.0. The molecule has 14 heavy (non-hydrogen) atoms. The van der Waals surface area contributed by atoms with Gasteiger partial charge in [0, 0.05) is 11.6 Å². The van der Waals surface area contributed by atoms with Gasteiger partial charge in [-0.3, -0.25) is 4.79 Å². The van der Waals surface area contributed by atoms with Crippen LogP contribution in [-0.4, -0.2) is 18.2 Å².